The lowest BCUT2D eigenvalue weighted by atomic mass is 10.3. The summed E-state index contributed by atoms with van der Waals surface area (Å²) in [7, 11) is 3.48. The lowest BCUT2D eigenvalue weighted by Crippen LogP contribution is -2.28. The van der Waals surface area contributed by atoms with Crippen molar-refractivity contribution in [2.45, 2.75) is 0 Å². The van der Waals surface area contributed by atoms with Crippen molar-refractivity contribution in [1.82, 2.24) is 14.5 Å². The van der Waals surface area contributed by atoms with E-state index in [-0.39, 0.29) is 11.5 Å². The van der Waals surface area contributed by atoms with Crippen LogP contribution in [0.5, 0.6) is 0 Å². The Morgan fingerprint density at radius 2 is 2.00 bits per heavy atom. The van der Waals surface area contributed by atoms with Crippen LogP contribution in [0.2, 0.25) is 0 Å². The molecular formula is C13H13FN4O2. The fourth-order valence-corrected chi connectivity index (χ4v) is 1.62. The first-order valence-corrected chi connectivity index (χ1v) is 5.81. The van der Waals surface area contributed by atoms with Crippen LogP contribution in [-0.4, -0.2) is 34.9 Å². The van der Waals surface area contributed by atoms with E-state index in [0.717, 1.165) is 10.6 Å². The summed E-state index contributed by atoms with van der Waals surface area (Å²) in [6.45, 7) is 0. The van der Waals surface area contributed by atoms with Crippen LogP contribution < -0.4 is 11.2 Å². The van der Waals surface area contributed by atoms with Crippen LogP contribution in [0.25, 0.3) is 5.69 Å². The first-order chi connectivity index (χ1) is 9.49. The van der Waals surface area contributed by atoms with Crippen molar-refractivity contribution in [3.63, 3.8) is 0 Å². The molecule has 0 atom stereocenters. The Labute approximate surface area is 113 Å². The molecule has 0 amide bonds. The van der Waals surface area contributed by atoms with Crippen molar-refractivity contribution in [1.29, 1.82) is 0 Å². The first-order valence-electron chi connectivity index (χ1n) is 5.81. The third-order valence-corrected chi connectivity index (χ3v) is 2.44. The fraction of sp³-hybridized carbons (Fsp3) is 0.154. The zero-order valence-electron chi connectivity index (χ0n) is 11.0. The van der Waals surface area contributed by atoms with Gasteiger partial charge in [0, 0.05) is 20.2 Å². The number of nitrogens with one attached hydrogen (secondary N) is 1. The van der Waals surface area contributed by atoms with Gasteiger partial charge in [-0.25, -0.2) is 18.7 Å². The molecule has 2 rings (SSSR count). The Bertz CT molecular complexity index is 761. The van der Waals surface area contributed by atoms with Gasteiger partial charge in [0.1, 0.15) is 11.6 Å². The number of aliphatic imine (C=N–C) groups is 1. The van der Waals surface area contributed by atoms with Gasteiger partial charge in [0.2, 0.25) is 0 Å². The van der Waals surface area contributed by atoms with Crippen LogP contribution in [-0.2, 0) is 0 Å². The summed E-state index contributed by atoms with van der Waals surface area (Å²) < 4.78 is 14.8. The summed E-state index contributed by atoms with van der Waals surface area (Å²) in [5.41, 5.74) is -1.30. The molecule has 1 aromatic carbocycles. The molecule has 0 saturated carbocycles. The molecule has 1 N–H and O–H groups in total. The standard InChI is InChI=1S/C13H13FN4O2/c1-17(2)8-15-11-7-12(19)16-13(20)18(11)10-6-4-3-5-9(10)14/h3-8H,1-2H3,(H,16,19,20)/b15-8+. The van der Waals surface area contributed by atoms with Gasteiger partial charge < -0.3 is 4.90 Å². The number of para-hydroxylation sites is 1. The molecule has 1 aromatic heterocycles. The highest BCUT2D eigenvalue weighted by Crippen LogP contribution is 2.16. The highest BCUT2D eigenvalue weighted by Gasteiger charge is 2.11. The van der Waals surface area contributed by atoms with E-state index < -0.39 is 17.1 Å². The maximum Gasteiger partial charge on any atom is 0.334 e. The van der Waals surface area contributed by atoms with E-state index in [1.165, 1.54) is 24.5 Å². The van der Waals surface area contributed by atoms with Crippen LogP contribution in [0.4, 0.5) is 10.2 Å². The largest absolute Gasteiger partial charge is 0.369 e. The van der Waals surface area contributed by atoms with E-state index >= 15 is 0 Å². The minimum Gasteiger partial charge on any atom is -0.369 e. The van der Waals surface area contributed by atoms with Crippen molar-refractivity contribution >= 4 is 12.2 Å². The van der Waals surface area contributed by atoms with Gasteiger partial charge in [-0.3, -0.25) is 9.78 Å². The van der Waals surface area contributed by atoms with E-state index in [0.29, 0.717) is 0 Å². The zero-order valence-corrected chi connectivity index (χ0v) is 11.0. The third kappa shape index (κ3) is 2.82. The number of benzene rings is 1. The van der Waals surface area contributed by atoms with Gasteiger partial charge in [0.25, 0.3) is 5.56 Å². The Kier molecular flexibility index (Phi) is 3.79. The van der Waals surface area contributed by atoms with Gasteiger partial charge in [-0.2, -0.15) is 0 Å². The summed E-state index contributed by atoms with van der Waals surface area (Å²) in [5.74, 6) is -0.527. The highest BCUT2D eigenvalue weighted by molar-refractivity contribution is 5.60. The number of rotatable bonds is 3. The monoisotopic (exact) mass is 276 g/mol. The van der Waals surface area contributed by atoms with Crippen molar-refractivity contribution in [3.05, 3.63) is 57.0 Å². The molecule has 0 aliphatic heterocycles. The highest BCUT2D eigenvalue weighted by atomic mass is 19.1. The molecule has 1 heterocycles. The molecule has 20 heavy (non-hydrogen) atoms. The molecule has 0 aliphatic carbocycles. The summed E-state index contributed by atoms with van der Waals surface area (Å²) >= 11 is 0. The predicted octanol–water partition coefficient (Wildman–Crippen LogP) is 0.886. The van der Waals surface area contributed by atoms with Gasteiger partial charge in [-0.05, 0) is 12.1 Å². The number of H-pyrrole nitrogens is 1. The van der Waals surface area contributed by atoms with E-state index in [1.54, 1.807) is 25.1 Å². The lowest BCUT2D eigenvalue weighted by molar-refractivity contribution is 0.614. The van der Waals surface area contributed by atoms with Gasteiger partial charge in [0.05, 0.1) is 12.0 Å². The van der Waals surface area contributed by atoms with E-state index in [2.05, 4.69) is 9.98 Å². The van der Waals surface area contributed by atoms with E-state index in [9.17, 15) is 14.0 Å². The number of nitrogens with zero attached hydrogens (tertiary/aromatic N) is 3. The Hall–Kier alpha value is -2.70. The zero-order chi connectivity index (χ0) is 14.7. The summed E-state index contributed by atoms with van der Waals surface area (Å²) in [6, 6.07) is 6.90. The van der Waals surface area contributed by atoms with Crippen LogP contribution in [0.15, 0.2) is 44.9 Å². The summed E-state index contributed by atoms with van der Waals surface area (Å²) in [6.07, 6.45) is 1.42. The van der Waals surface area contributed by atoms with Crippen LogP contribution in [0.3, 0.4) is 0 Å². The minimum absolute atomic E-state index is 0.0275. The molecule has 0 radical (unpaired) electrons. The number of halogens is 1. The SMILES string of the molecule is CN(C)/C=N/c1cc(=O)[nH]c(=O)n1-c1ccccc1F. The Morgan fingerprint density at radius 1 is 1.30 bits per heavy atom. The molecule has 6 nitrogen and oxygen atoms in total. The smallest absolute Gasteiger partial charge is 0.334 e. The Balaban J connectivity index is 2.72. The van der Waals surface area contributed by atoms with Gasteiger partial charge in [0.15, 0.2) is 0 Å². The van der Waals surface area contributed by atoms with Crippen molar-refractivity contribution in [2.75, 3.05) is 14.1 Å². The first kappa shape index (κ1) is 13.7. The Morgan fingerprint density at radius 3 is 2.65 bits per heavy atom. The molecule has 0 aliphatic rings. The van der Waals surface area contributed by atoms with Gasteiger partial charge in [-0.15, -0.1) is 0 Å². The van der Waals surface area contributed by atoms with Gasteiger partial charge >= 0.3 is 5.69 Å². The van der Waals surface area contributed by atoms with E-state index in [4.69, 9.17) is 0 Å². The van der Waals surface area contributed by atoms with Crippen molar-refractivity contribution in [2.24, 2.45) is 4.99 Å². The molecule has 104 valence electrons. The molecule has 0 fully saturated rings. The molecular weight excluding hydrogens is 263 g/mol. The topological polar surface area (TPSA) is 70.5 Å². The number of hydrogen-bond acceptors (Lipinski definition) is 3. The molecule has 0 bridgehead atoms. The van der Waals surface area contributed by atoms with Crippen LogP contribution in [0, 0.1) is 5.82 Å². The average molecular weight is 276 g/mol. The average Bonchev–Trinajstić information content (AvgIpc) is 2.37. The van der Waals surface area contributed by atoms with Crippen molar-refractivity contribution in [3.8, 4) is 5.69 Å². The predicted molar refractivity (Wildman–Crippen MR) is 74.5 cm³/mol. The summed E-state index contributed by atoms with van der Waals surface area (Å²) in [5, 5.41) is 0. The second-order valence-electron chi connectivity index (χ2n) is 4.29. The normalized spacial score (nSPS) is 10.9. The van der Waals surface area contributed by atoms with Crippen molar-refractivity contribution < 1.29 is 4.39 Å². The second-order valence-corrected chi connectivity index (χ2v) is 4.29. The molecule has 7 heteroatoms. The number of aromatic nitrogens is 2. The second kappa shape index (κ2) is 5.52. The number of hydrogen-bond donors (Lipinski definition) is 1. The minimum atomic E-state index is -0.742. The van der Waals surface area contributed by atoms with Crippen LogP contribution >= 0.6 is 0 Å². The fourth-order valence-electron chi connectivity index (χ4n) is 1.62. The quantitative estimate of drug-likeness (QED) is 0.668. The molecule has 0 saturated heterocycles. The van der Waals surface area contributed by atoms with Crippen LogP contribution in [0.1, 0.15) is 0 Å². The third-order valence-electron chi connectivity index (χ3n) is 2.44. The molecule has 0 unspecified atom stereocenters. The maximum absolute atomic E-state index is 13.8. The molecule has 0 spiro atoms. The summed E-state index contributed by atoms with van der Waals surface area (Å²) in [4.78, 5) is 31.0. The van der Waals surface area contributed by atoms with Gasteiger partial charge in [-0.1, -0.05) is 12.1 Å². The molecule has 2 aromatic rings. The van der Waals surface area contributed by atoms with E-state index in [1.807, 2.05) is 0 Å². The lowest BCUT2D eigenvalue weighted by Gasteiger charge is -2.10. The number of aromatic amines is 1. The maximum atomic E-state index is 13.8.